The minimum absolute atomic E-state index is 0.0245. The molecule has 1 aliphatic carbocycles. The maximum Gasteiger partial charge on any atom is 0.339 e. The Morgan fingerprint density at radius 2 is 1.65 bits per heavy atom. The molecule has 4 unspecified atom stereocenters. The van der Waals surface area contributed by atoms with Gasteiger partial charge in [-0.25, -0.2) is 9.78 Å². The first-order valence-electron chi connectivity index (χ1n) is 14.9. The number of carbonyl (C=O) groups is 4. The zero-order chi connectivity index (χ0) is 34.4. The van der Waals surface area contributed by atoms with E-state index in [9.17, 15) is 29.3 Å². The lowest BCUT2D eigenvalue weighted by Crippen LogP contribution is -2.34. The molecular formula is C34H25Br3ClN3O7. The maximum atomic E-state index is 13.6. The Labute approximate surface area is 304 Å². The highest BCUT2D eigenvalue weighted by atomic mass is 79.9. The molecule has 48 heavy (non-hydrogen) atoms. The standard InChI is InChI=1S/C34H25Br3ClN3O7/c1-2-16-9-19(35)11-21-24(34(45)48-15-30(42)18-5-8-27(38)29(10-18)41(46)47)14-28(39-31(16)21)17-3-6-20(7-4-17)40-32(43)22-12-25(36)26(37)13-23(22)33(40)44/h3-11,14,22-23,25-26H,2,12-13,15H2,1H3. The maximum absolute atomic E-state index is 13.6. The number of ketones is 1. The monoisotopic (exact) mass is 859 g/mol. The normalized spacial score (nSPS) is 20.6. The summed E-state index contributed by atoms with van der Waals surface area (Å²) in [4.78, 5) is 70.0. The second kappa shape index (κ2) is 13.8. The average molecular weight is 863 g/mol. The summed E-state index contributed by atoms with van der Waals surface area (Å²) in [6.45, 7) is 1.30. The highest BCUT2D eigenvalue weighted by molar-refractivity contribution is 9.12. The lowest BCUT2D eigenvalue weighted by atomic mass is 9.81. The molecule has 14 heteroatoms. The minimum Gasteiger partial charge on any atom is -0.454 e. The summed E-state index contributed by atoms with van der Waals surface area (Å²) >= 11 is 16.6. The number of rotatable bonds is 8. The number of halogens is 4. The number of carbonyl (C=O) groups excluding carboxylic acids is 4. The molecule has 6 rings (SSSR count). The summed E-state index contributed by atoms with van der Waals surface area (Å²) in [7, 11) is 0. The number of fused-ring (bicyclic) bond motifs is 2. The minimum atomic E-state index is -0.789. The predicted molar refractivity (Wildman–Crippen MR) is 191 cm³/mol. The Bertz CT molecular complexity index is 2000. The summed E-state index contributed by atoms with van der Waals surface area (Å²) in [5.41, 5.74) is 2.66. The molecule has 246 valence electrons. The molecule has 1 aliphatic heterocycles. The van der Waals surface area contributed by atoms with Gasteiger partial charge in [0, 0.05) is 36.7 Å². The molecule has 1 saturated carbocycles. The third-order valence-electron chi connectivity index (χ3n) is 8.69. The van der Waals surface area contributed by atoms with E-state index in [0.717, 1.165) is 16.1 Å². The van der Waals surface area contributed by atoms with E-state index < -0.39 is 29.0 Å². The fourth-order valence-electron chi connectivity index (χ4n) is 6.20. The number of imide groups is 1. The zero-order valence-corrected chi connectivity index (χ0v) is 30.6. The number of hydrogen-bond acceptors (Lipinski definition) is 8. The lowest BCUT2D eigenvalue weighted by molar-refractivity contribution is -0.384. The molecule has 10 nitrogen and oxygen atoms in total. The summed E-state index contributed by atoms with van der Waals surface area (Å²) in [5, 5.41) is 11.7. The van der Waals surface area contributed by atoms with Crippen LogP contribution < -0.4 is 4.90 Å². The number of amides is 2. The number of pyridine rings is 1. The Morgan fingerprint density at radius 1 is 1.00 bits per heavy atom. The lowest BCUT2D eigenvalue weighted by Gasteiger charge is -2.29. The van der Waals surface area contributed by atoms with Crippen LogP contribution in [0, 0.1) is 22.0 Å². The molecule has 2 aliphatic rings. The van der Waals surface area contributed by atoms with Gasteiger partial charge in [0.15, 0.2) is 6.61 Å². The third-order valence-corrected chi connectivity index (χ3v) is 12.2. The van der Waals surface area contributed by atoms with Gasteiger partial charge >= 0.3 is 5.97 Å². The van der Waals surface area contributed by atoms with E-state index in [0.29, 0.717) is 47.1 Å². The number of nitrogens with zero attached hydrogens (tertiary/aromatic N) is 3. The van der Waals surface area contributed by atoms with Gasteiger partial charge in [-0.05, 0) is 67.3 Å². The topological polar surface area (TPSA) is 137 Å². The number of aromatic nitrogens is 1. The molecule has 0 bridgehead atoms. The van der Waals surface area contributed by atoms with Crippen molar-refractivity contribution in [2.24, 2.45) is 11.8 Å². The number of ether oxygens (including phenoxy) is 1. The molecule has 0 radical (unpaired) electrons. The van der Waals surface area contributed by atoms with Crippen molar-refractivity contribution >= 4 is 105 Å². The summed E-state index contributed by atoms with van der Waals surface area (Å²) in [5.74, 6) is -2.60. The van der Waals surface area contributed by atoms with Crippen molar-refractivity contribution in [1.29, 1.82) is 0 Å². The van der Waals surface area contributed by atoms with E-state index in [2.05, 4.69) is 47.8 Å². The van der Waals surface area contributed by atoms with E-state index in [1.54, 1.807) is 36.4 Å². The van der Waals surface area contributed by atoms with Crippen molar-refractivity contribution in [3.05, 3.63) is 97.0 Å². The Kier molecular flexibility index (Phi) is 9.85. The van der Waals surface area contributed by atoms with Gasteiger partial charge in [-0.1, -0.05) is 78.4 Å². The number of nitro benzene ring substituents is 1. The molecular weight excluding hydrogens is 838 g/mol. The van der Waals surface area contributed by atoms with Crippen LogP contribution in [0.5, 0.6) is 0 Å². The number of nitro groups is 1. The first-order valence-corrected chi connectivity index (χ1v) is 17.9. The number of aryl methyl sites for hydroxylation is 1. The van der Waals surface area contributed by atoms with Gasteiger partial charge in [-0.15, -0.1) is 0 Å². The first kappa shape index (κ1) is 34.3. The number of benzene rings is 3. The molecule has 2 amide bonds. The highest BCUT2D eigenvalue weighted by Crippen LogP contribution is 2.44. The van der Waals surface area contributed by atoms with Crippen molar-refractivity contribution in [3.8, 4) is 11.3 Å². The zero-order valence-electron chi connectivity index (χ0n) is 25.1. The van der Waals surface area contributed by atoms with Gasteiger partial charge in [0.25, 0.3) is 5.69 Å². The predicted octanol–water partition coefficient (Wildman–Crippen LogP) is 8.25. The molecule has 2 fully saturated rings. The van der Waals surface area contributed by atoms with Crippen LogP contribution in [0.25, 0.3) is 22.2 Å². The second-order valence-corrected chi connectivity index (χ2v) is 15.2. The summed E-state index contributed by atoms with van der Waals surface area (Å²) in [6, 6.07) is 15.7. The van der Waals surface area contributed by atoms with Crippen molar-refractivity contribution < 1.29 is 28.8 Å². The van der Waals surface area contributed by atoms with E-state index in [4.69, 9.17) is 21.3 Å². The number of hydrogen-bond donors (Lipinski definition) is 0. The molecule has 1 saturated heterocycles. The van der Waals surface area contributed by atoms with Gasteiger partial charge < -0.3 is 4.74 Å². The molecule has 3 aromatic carbocycles. The summed E-state index contributed by atoms with van der Waals surface area (Å²) < 4.78 is 6.16. The van der Waals surface area contributed by atoms with Crippen LogP contribution in [0.3, 0.4) is 0 Å². The van der Waals surface area contributed by atoms with Crippen molar-refractivity contribution in [1.82, 2.24) is 4.98 Å². The summed E-state index contributed by atoms with van der Waals surface area (Å²) in [6.07, 6.45) is 1.75. The molecule has 4 aromatic rings. The van der Waals surface area contributed by atoms with Gasteiger partial charge in [0.1, 0.15) is 5.02 Å². The van der Waals surface area contributed by atoms with Crippen molar-refractivity contribution in [2.75, 3.05) is 11.5 Å². The number of Topliss-reactive ketones (excluding diaryl/α,β-unsaturated/α-hetero) is 1. The molecule has 1 aromatic heterocycles. The number of anilines is 1. The van der Waals surface area contributed by atoms with Crippen LogP contribution in [0.15, 0.2) is 65.1 Å². The van der Waals surface area contributed by atoms with Crippen molar-refractivity contribution in [2.45, 2.75) is 35.8 Å². The van der Waals surface area contributed by atoms with Crippen LogP contribution in [0.2, 0.25) is 5.02 Å². The van der Waals surface area contributed by atoms with Gasteiger partial charge in [-0.2, -0.15) is 0 Å². The quantitative estimate of drug-likeness (QED) is 0.0432. The first-order chi connectivity index (χ1) is 22.9. The Hall–Kier alpha value is -3.52. The third kappa shape index (κ3) is 6.45. The Morgan fingerprint density at radius 3 is 2.25 bits per heavy atom. The fourth-order valence-corrected chi connectivity index (χ4v) is 8.12. The van der Waals surface area contributed by atoms with Crippen LogP contribution in [-0.4, -0.2) is 49.7 Å². The average Bonchev–Trinajstić information content (AvgIpc) is 3.30. The SMILES string of the molecule is CCc1cc(Br)cc2c(C(=O)OCC(=O)c3ccc(Cl)c([N+](=O)[O-])c3)cc(-c3ccc(N4C(=O)C5CC(Br)C(Br)CC5C4=O)cc3)nc12. The number of alkyl halides is 2. The highest BCUT2D eigenvalue weighted by Gasteiger charge is 2.52. The molecule has 0 N–H and O–H groups in total. The van der Waals surface area contributed by atoms with Crippen LogP contribution in [0.1, 0.15) is 46.0 Å². The van der Waals surface area contributed by atoms with Crippen LogP contribution >= 0.6 is 59.4 Å². The Balaban J connectivity index is 1.31. The van der Waals surface area contributed by atoms with Crippen molar-refractivity contribution in [3.63, 3.8) is 0 Å². The van der Waals surface area contributed by atoms with Gasteiger partial charge in [0.2, 0.25) is 17.6 Å². The smallest absolute Gasteiger partial charge is 0.339 e. The van der Waals surface area contributed by atoms with Crippen LogP contribution in [-0.2, 0) is 20.7 Å². The van der Waals surface area contributed by atoms with E-state index in [-0.39, 0.29) is 49.5 Å². The van der Waals surface area contributed by atoms with E-state index in [1.165, 1.54) is 17.0 Å². The van der Waals surface area contributed by atoms with Gasteiger partial charge in [-0.3, -0.25) is 29.4 Å². The fraction of sp³-hybridized carbons (Fsp3) is 0.265. The second-order valence-electron chi connectivity index (χ2n) is 11.6. The molecule has 2 heterocycles. The van der Waals surface area contributed by atoms with E-state index >= 15 is 0 Å². The van der Waals surface area contributed by atoms with Crippen LogP contribution in [0.4, 0.5) is 11.4 Å². The molecule has 0 spiro atoms. The van der Waals surface area contributed by atoms with E-state index in [1.807, 2.05) is 13.0 Å². The van der Waals surface area contributed by atoms with Gasteiger partial charge in [0.05, 0.1) is 39.2 Å². The number of esters is 1. The molecule has 4 atom stereocenters. The largest absolute Gasteiger partial charge is 0.454 e.